The summed E-state index contributed by atoms with van der Waals surface area (Å²) >= 11 is 0. The lowest BCUT2D eigenvalue weighted by Gasteiger charge is -2.37. The van der Waals surface area contributed by atoms with Crippen molar-refractivity contribution in [2.75, 3.05) is 20.2 Å². The third kappa shape index (κ3) is 3.87. The predicted octanol–water partition coefficient (Wildman–Crippen LogP) is 2.93. The maximum absolute atomic E-state index is 13.1. The molecule has 0 bridgehead atoms. The first-order chi connectivity index (χ1) is 12.6. The molecule has 1 atom stereocenters. The molecule has 2 amide bonds. The minimum absolute atomic E-state index is 0.0583. The third-order valence-corrected chi connectivity index (χ3v) is 5.79. The molecule has 1 N–H and O–H groups in total. The highest BCUT2D eigenvalue weighted by Crippen LogP contribution is 2.48. The molecule has 1 aliphatic heterocycles. The van der Waals surface area contributed by atoms with Gasteiger partial charge in [-0.05, 0) is 62.6 Å². The molecule has 2 fully saturated rings. The largest absolute Gasteiger partial charge is 0.497 e. The van der Waals surface area contributed by atoms with Gasteiger partial charge in [-0.2, -0.15) is 0 Å². The molecule has 0 spiro atoms. The van der Waals surface area contributed by atoms with Crippen LogP contribution in [0.5, 0.6) is 5.75 Å². The SMILES string of the molecule is CCC1CCCCN1C(=O)C1(C(=O)NCCc2cccc(OC)c2)CC1. The Morgan fingerprint density at radius 1 is 1.31 bits per heavy atom. The molecule has 1 aromatic rings. The first kappa shape index (κ1) is 18.7. The molecule has 5 heteroatoms. The Kier molecular flexibility index (Phi) is 5.84. The number of piperidine rings is 1. The lowest BCUT2D eigenvalue weighted by molar-refractivity contribution is -0.147. The Morgan fingerprint density at radius 2 is 2.12 bits per heavy atom. The van der Waals surface area contributed by atoms with Crippen LogP contribution in [0.2, 0.25) is 0 Å². The molecule has 1 saturated carbocycles. The number of methoxy groups -OCH3 is 1. The second-order valence-corrected chi connectivity index (χ2v) is 7.50. The van der Waals surface area contributed by atoms with Gasteiger partial charge in [0.25, 0.3) is 0 Å². The summed E-state index contributed by atoms with van der Waals surface area (Å²) in [5, 5.41) is 3.00. The summed E-state index contributed by atoms with van der Waals surface area (Å²) in [6, 6.07) is 8.15. The average molecular weight is 358 g/mol. The molecule has 0 aromatic heterocycles. The fourth-order valence-corrected chi connectivity index (χ4v) is 3.95. The molecule has 3 rings (SSSR count). The van der Waals surface area contributed by atoms with Crippen LogP contribution in [0.4, 0.5) is 0 Å². The molecule has 1 aromatic carbocycles. The second-order valence-electron chi connectivity index (χ2n) is 7.50. The van der Waals surface area contributed by atoms with Crippen LogP contribution >= 0.6 is 0 Å². The summed E-state index contributed by atoms with van der Waals surface area (Å²) in [7, 11) is 1.65. The van der Waals surface area contributed by atoms with Crippen molar-refractivity contribution < 1.29 is 14.3 Å². The van der Waals surface area contributed by atoms with Crippen LogP contribution in [0.1, 0.15) is 51.0 Å². The summed E-state index contributed by atoms with van der Waals surface area (Å²) in [6.07, 6.45) is 6.37. The van der Waals surface area contributed by atoms with Gasteiger partial charge in [-0.25, -0.2) is 0 Å². The van der Waals surface area contributed by atoms with E-state index in [4.69, 9.17) is 4.74 Å². The van der Waals surface area contributed by atoms with Crippen molar-refractivity contribution >= 4 is 11.8 Å². The second kappa shape index (κ2) is 8.11. The maximum atomic E-state index is 13.1. The zero-order chi connectivity index (χ0) is 18.6. The highest BCUT2D eigenvalue weighted by Gasteiger charge is 2.58. The molecule has 5 nitrogen and oxygen atoms in total. The van der Waals surface area contributed by atoms with E-state index in [1.807, 2.05) is 29.2 Å². The van der Waals surface area contributed by atoms with E-state index in [2.05, 4.69) is 12.2 Å². The van der Waals surface area contributed by atoms with Gasteiger partial charge < -0.3 is 15.0 Å². The van der Waals surface area contributed by atoms with E-state index in [9.17, 15) is 9.59 Å². The predicted molar refractivity (Wildman–Crippen MR) is 101 cm³/mol. The Hall–Kier alpha value is -2.04. The van der Waals surface area contributed by atoms with E-state index < -0.39 is 5.41 Å². The van der Waals surface area contributed by atoms with Crippen molar-refractivity contribution in [1.82, 2.24) is 10.2 Å². The number of rotatable bonds is 7. The number of carbonyl (C=O) groups excluding carboxylic acids is 2. The van der Waals surface area contributed by atoms with Crippen LogP contribution in [-0.4, -0.2) is 43.0 Å². The van der Waals surface area contributed by atoms with Crippen LogP contribution in [0.25, 0.3) is 0 Å². The van der Waals surface area contributed by atoms with Crippen LogP contribution < -0.4 is 10.1 Å². The number of nitrogens with zero attached hydrogens (tertiary/aromatic N) is 1. The number of nitrogens with one attached hydrogen (secondary N) is 1. The van der Waals surface area contributed by atoms with Crippen LogP contribution in [0.15, 0.2) is 24.3 Å². The van der Waals surface area contributed by atoms with E-state index in [-0.39, 0.29) is 11.8 Å². The number of likely N-dealkylation sites (tertiary alicyclic amines) is 1. The summed E-state index contributed by atoms with van der Waals surface area (Å²) in [5.41, 5.74) is 0.321. The fraction of sp³-hybridized carbons (Fsp3) is 0.619. The van der Waals surface area contributed by atoms with E-state index >= 15 is 0 Å². The minimum Gasteiger partial charge on any atom is -0.497 e. The van der Waals surface area contributed by atoms with Crippen molar-refractivity contribution in [3.8, 4) is 5.75 Å². The van der Waals surface area contributed by atoms with Gasteiger partial charge in [0.05, 0.1) is 7.11 Å². The van der Waals surface area contributed by atoms with Crippen LogP contribution in [-0.2, 0) is 16.0 Å². The number of hydrogen-bond acceptors (Lipinski definition) is 3. The van der Waals surface area contributed by atoms with Gasteiger partial charge in [0.2, 0.25) is 11.8 Å². The van der Waals surface area contributed by atoms with Crippen molar-refractivity contribution in [2.24, 2.45) is 5.41 Å². The van der Waals surface area contributed by atoms with Crippen molar-refractivity contribution in [3.05, 3.63) is 29.8 Å². The van der Waals surface area contributed by atoms with Gasteiger partial charge in [0.1, 0.15) is 11.2 Å². The van der Waals surface area contributed by atoms with Gasteiger partial charge in [-0.1, -0.05) is 19.1 Å². The standard InChI is InChI=1S/C21H30N2O3/c1-3-17-8-4-5-14-23(17)20(25)21(11-12-21)19(24)22-13-10-16-7-6-9-18(15-16)26-2/h6-7,9,15,17H,3-5,8,10-14H2,1-2H3,(H,22,24). The minimum atomic E-state index is -0.793. The molecule has 142 valence electrons. The first-order valence-electron chi connectivity index (χ1n) is 9.83. The highest BCUT2D eigenvalue weighted by atomic mass is 16.5. The van der Waals surface area contributed by atoms with Gasteiger partial charge in [-0.3, -0.25) is 9.59 Å². The molecular formula is C21H30N2O3. The van der Waals surface area contributed by atoms with Crippen LogP contribution in [0, 0.1) is 5.41 Å². The first-order valence-corrected chi connectivity index (χ1v) is 9.83. The summed E-state index contributed by atoms with van der Waals surface area (Å²) < 4.78 is 5.23. The van der Waals surface area contributed by atoms with Gasteiger partial charge in [-0.15, -0.1) is 0 Å². The molecule has 26 heavy (non-hydrogen) atoms. The van der Waals surface area contributed by atoms with Crippen molar-refractivity contribution in [2.45, 2.75) is 57.9 Å². The van der Waals surface area contributed by atoms with Gasteiger partial charge in [0.15, 0.2) is 0 Å². The van der Waals surface area contributed by atoms with Gasteiger partial charge in [0, 0.05) is 19.1 Å². The maximum Gasteiger partial charge on any atom is 0.238 e. The molecule has 1 heterocycles. The summed E-state index contributed by atoms with van der Waals surface area (Å²) in [4.78, 5) is 27.8. The fourth-order valence-electron chi connectivity index (χ4n) is 3.95. The molecular weight excluding hydrogens is 328 g/mol. The van der Waals surface area contributed by atoms with Crippen molar-refractivity contribution in [1.29, 1.82) is 0 Å². The smallest absolute Gasteiger partial charge is 0.238 e. The molecule has 1 aliphatic carbocycles. The molecule has 2 aliphatic rings. The zero-order valence-corrected chi connectivity index (χ0v) is 15.9. The number of hydrogen-bond donors (Lipinski definition) is 1. The zero-order valence-electron chi connectivity index (χ0n) is 15.9. The number of ether oxygens (including phenoxy) is 1. The van der Waals surface area contributed by atoms with E-state index in [1.54, 1.807) is 7.11 Å². The molecule has 1 saturated heterocycles. The van der Waals surface area contributed by atoms with Crippen molar-refractivity contribution in [3.63, 3.8) is 0 Å². The van der Waals surface area contributed by atoms with Crippen LogP contribution in [0.3, 0.4) is 0 Å². The van der Waals surface area contributed by atoms with E-state index in [1.165, 1.54) is 6.42 Å². The Morgan fingerprint density at radius 3 is 2.81 bits per heavy atom. The summed E-state index contributed by atoms with van der Waals surface area (Å²) in [6.45, 7) is 3.47. The van der Waals surface area contributed by atoms with Gasteiger partial charge >= 0.3 is 0 Å². The Labute approximate surface area is 156 Å². The normalized spacial score (nSPS) is 21.2. The summed E-state index contributed by atoms with van der Waals surface area (Å²) in [5.74, 6) is 0.784. The topological polar surface area (TPSA) is 58.6 Å². The quantitative estimate of drug-likeness (QED) is 0.763. The lowest BCUT2D eigenvalue weighted by Crippen LogP contribution is -2.51. The Bertz CT molecular complexity index is 654. The number of amides is 2. The number of carbonyl (C=O) groups is 2. The monoisotopic (exact) mass is 358 g/mol. The molecule has 1 unspecified atom stereocenters. The average Bonchev–Trinajstić information content (AvgIpc) is 3.49. The highest BCUT2D eigenvalue weighted by molar-refractivity contribution is 6.08. The lowest BCUT2D eigenvalue weighted by atomic mass is 9.95. The van der Waals surface area contributed by atoms with E-state index in [0.29, 0.717) is 25.4 Å². The third-order valence-electron chi connectivity index (χ3n) is 5.79. The van der Waals surface area contributed by atoms with E-state index in [0.717, 1.165) is 43.5 Å². The molecule has 0 radical (unpaired) electrons. The Balaban J connectivity index is 1.55. The number of benzene rings is 1.